The smallest absolute Gasteiger partial charge is 0.0406 e. The van der Waals surface area contributed by atoms with Crippen molar-refractivity contribution < 1.29 is 0 Å². The van der Waals surface area contributed by atoms with Crippen LogP contribution in [0.1, 0.15) is 85.1 Å². The first kappa shape index (κ1) is 27.1. The minimum Gasteiger partial charge on any atom is -0.366 e. The van der Waals surface area contributed by atoms with Gasteiger partial charge in [0.05, 0.1) is 0 Å². The summed E-state index contributed by atoms with van der Waals surface area (Å²) in [5.74, 6) is 0. The number of benzene rings is 2. The predicted molar refractivity (Wildman–Crippen MR) is 142 cm³/mol. The molecule has 0 amide bonds. The summed E-state index contributed by atoms with van der Waals surface area (Å²) < 4.78 is 0. The Labute approximate surface area is 193 Å². The van der Waals surface area contributed by atoms with Crippen molar-refractivity contribution in [2.75, 3.05) is 22.9 Å². The Kier molecular flexibility index (Phi) is 9.23. The second kappa shape index (κ2) is 10.6. The van der Waals surface area contributed by atoms with Gasteiger partial charge in [0.1, 0.15) is 0 Å². The van der Waals surface area contributed by atoms with Crippen LogP contribution < -0.4 is 9.80 Å². The van der Waals surface area contributed by atoms with E-state index in [2.05, 4.69) is 102 Å². The van der Waals surface area contributed by atoms with Gasteiger partial charge in [-0.1, -0.05) is 45.5 Å². The van der Waals surface area contributed by atoms with E-state index < -0.39 is 0 Å². The Hall–Kier alpha value is -1.96. The van der Waals surface area contributed by atoms with E-state index in [-0.39, 0.29) is 18.5 Å². The van der Waals surface area contributed by atoms with Crippen molar-refractivity contribution in [2.45, 2.75) is 101 Å². The molecule has 0 fully saturated rings. The number of anilines is 2. The van der Waals surface area contributed by atoms with Crippen LogP contribution in [0.2, 0.25) is 0 Å². The molecule has 2 aromatic carbocycles. The largest absolute Gasteiger partial charge is 0.366 e. The summed E-state index contributed by atoms with van der Waals surface area (Å²) in [6, 6.07) is 13.3. The van der Waals surface area contributed by atoms with E-state index in [4.69, 9.17) is 0 Å². The quantitative estimate of drug-likeness (QED) is 0.423. The second-order valence-electron chi connectivity index (χ2n) is 10.3. The molecule has 2 heteroatoms. The fourth-order valence-corrected chi connectivity index (χ4v) is 4.50. The standard InChI is InChI=1S/C14H21N.C12H17N.C2H6.CH4/c1-10-6-7-13-12(11(10)2)8-9-15(13)14(3,4)5;1-12(2,3)13-9-8-10-6-4-5-7-11(10)13;1-2;/h6-7H,8-9H2,1-5H3;4-7H,8-9H2,1-3H3;1-2H3;1H4. The summed E-state index contributed by atoms with van der Waals surface area (Å²) in [7, 11) is 0. The zero-order valence-electron chi connectivity index (χ0n) is 21.2. The Balaban J connectivity index is 0.000000281. The molecule has 0 N–H and O–H groups in total. The SMILES string of the molecule is C.CC.CC(C)(C)N1CCc2ccccc21.Cc1ccc2c(c1C)CCN2C(C)(C)C. The van der Waals surface area contributed by atoms with E-state index in [0.29, 0.717) is 0 Å². The average molecular weight is 425 g/mol. The molecule has 2 aliphatic heterocycles. The molecule has 0 aliphatic carbocycles. The molecule has 2 aliphatic rings. The van der Waals surface area contributed by atoms with Crippen molar-refractivity contribution in [3.8, 4) is 0 Å². The molecule has 0 bridgehead atoms. The van der Waals surface area contributed by atoms with Crippen LogP contribution in [0.3, 0.4) is 0 Å². The monoisotopic (exact) mass is 424 g/mol. The van der Waals surface area contributed by atoms with Crippen LogP contribution in [0.5, 0.6) is 0 Å². The third-order valence-corrected chi connectivity index (χ3v) is 6.23. The maximum atomic E-state index is 2.52. The Morgan fingerprint density at radius 1 is 0.677 bits per heavy atom. The lowest BCUT2D eigenvalue weighted by molar-refractivity contribution is 0.518. The van der Waals surface area contributed by atoms with Crippen molar-refractivity contribution >= 4 is 11.4 Å². The highest BCUT2D eigenvalue weighted by Crippen LogP contribution is 2.36. The number of nitrogens with zero attached hydrogens (tertiary/aromatic N) is 2. The van der Waals surface area contributed by atoms with Crippen molar-refractivity contribution in [2.24, 2.45) is 0 Å². The summed E-state index contributed by atoms with van der Waals surface area (Å²) in [6.45, 7) is 24.5. The van der Waals surface area contributed by atoms with Gasteiger partial charge in [-0.25, -0.2) is 0 Å². The molecule has 174 valence electrons. The molecule has 0 saturated carbocycles. The molecular formula is C29H48N2. The van der Waals surface area contributed by atoms with Gasteiger partial charge in [0.2, 0.25) is 0 Å². The molecule has 0 spiro atoms. The molecule has 4 rings (SSSR count). The normalized spacial score (nSPS) is 14.5. The third kappa shape index (κ3) is 6.05. The highest BCUT2D eigenvalue weighted by Gasteiger charge is 2.29. The van der Waals surface area contributed by atoms with Gasteiger partial charge in [0, 0.05) is 35.5 Å². The first-order valence-electron chi connectivity index (χ1n) is 11.7. The van der Waals surface area contributed by atoms with Gasteiger partial charge >= 0.3 is 0 Å². The van der Waals surface area contributed by atoms with Crippen LogP contribution in [0.15, 0.2) is 36.4 Å². The highest BCUT2D eigenvalue weighted by molar-refractivity contribution is 5.63. The number of rotatable bonds is 0. The maximum absolute atomic E-state index is 2.52. The zero-order valence-corrected chi connectivity index (χ0v) is 21.2. The second-order valence-corrected chi connectivity index (χ2v) is 10.3. The molecule has 0 radical (unpaired) electrons. The van der Waals surface area contributed by atoms with E-state index in [9.17, 15) is 0 Å². The van der Waals surface area contributed by atoms with Gasteiger partial charge in [0.15, 0.2) is 0 Å². The van der Waals surface area contributed by atoms with Gasteiger partial charge in [-0.3, -0.25) is 0 Å². The Morgan fingerprint density at radius 3 is 1.77 bits per heavy atom. The van der Waals surface area contributed by atoms with Crippen LogP contribution in [-0.4, -0.2) is 24.2 Å². The summed E-state index contributed by atoms with van der Waals surface area (Å²) in [5, 5.41) is 0. The van der Waals surface area contributed by atoms with Gasteiger partial charge in [-0.2, -0.15) is 0 Å². The van der Waals surface area contributed by atoms with Crippen molar-refractivity contribution in [3.05, 3.63) is 58.7 Å². The summed E-state index contributed by atoms with van der Waals surface area (Å²) in [6.07, 6.45) is 2.41. The highest BCUT2D eigenvalue weighted by atomic mass is 15.2. The first-order valence-corrected chi connectivity index (χ1v) is 11.7. The number of para-hydroxylation sites is 1. The molecule has 0 unspecified atom stereocenters. The van der Waals surface area contributed by atoms with Crippen LogP contribution >= 0.6 is 0 Å². The van der Waals surface area contributed by atoms with Gasteiger partial charge in [-0.15, -0.1) is 0 Å². The van der Waals surface area contributed by atoms with E-state index >= 15 is 0 Å². The average Bonchev–Trinajstić information content (AvgIpc) is 3.31. The fraction of sp³-hybridized carbons (Fsp3) is 0.586. The van der Waals surface area contributed by atoms with Gasteiger partial charge < -0.3 is 9.80 Å². The molecule has 2 heterocycles. The van der Waals surface area contributed by atoms with Crippen LogP contribution in [0, 0.1) is 13.8 Å². The number of aryl methyl sites for hydroxylation is 1. The van der Waals surface area contributed by atoms with Crippen LogP contribution in [0.4, 0.5) is 11.4 Å². The molecule has 2 nitrogen and oxygen atoms in total. The number of hydrogen-bond donors (Lipinski definition) is 0. The summed E-state index contributed by atoms with van der Waals surface area (Å²) in [4.78, 5) is 5.01. The molecule has 31 heavy (non-hydrogen) atoms. The van der Waals surface area contributed by atoms with Gasteiger partial charge in [-0.05, 0) is 103 Å². The minimum atomic E-state index is 0. The first-order chi connectivity index (χ1) is 14.0. The van der Waals surface area contributed by atoms with Crippen molar-refractivity contribution in [1.29, 1.82) is 0 Å². The summed E-state index contributed by atoms with van der Waals surface area (Å²) in [5.41, 5.74) is 9.34. The lowest BCUT2D eigenvalue weighted by Crippen LogP contribution is -2.40. The number of hydrogen-bond acceptors (Lipinski definition) is 2. The molecular weight excluding hydrogens is 376 g/mol. The number of fused-ring (bicyclic) bond motifs is 2. The van der Waals surface area contributed by atoms with Crippen molar-refractivity contribution in [1.82, 2.24) is 0 Å². The molecule has 0 saturated heterocycles. The third-order valence-electron chi connectivity index (χ3n) is 6.23. The van der Waals surface area contributed by atoms with E-state index in [1.54, 1.807) is 5.56 Å². The minimum absolute atomic E-state index is 0. The van der Waals surface area contributed by atoms with E-state index in [1.165, 1.54) is 54.0 Å². The Bertz CT molecular complexity index is 837. The van der Waals surface area contributed by atoms with E-state index in [1.807, 2.05) is 13.8 Å². The molecule has 0 aromatic heterocycles. The molecule has 0 atom stereocenters. The van der Waals surface area contributed by atoms with Crippen LogP contribution in [0.25, 0.3) is 0 Å². The lowest BCUT2D eigenvalue weighted by Gasteiger charge is -2.34. The fourth-order valence-electron chi connectivity index (χ4n) is 4.50. The summed E-state index contributed by atoms with van der Waals surface area (Å²) >= 11 is 0. The van der Waals surface area contributed by atoms with Gasteiger partial charge in [0.25, 0.3) is 0 Å². The van der Waals surface area contributed by atoms with E-state index in [0.717, 1.165) is 0 Å². The zero-order chi connectivity index (χ0) is 22.7. The molecule has 2 aromatic rings. The topological polar surface area (TPSA) is 6.48 Å². The Morgan fingerprint density at radius 2 is 1.19 bits per heavy atom. The maximum Gasteiger partial charge on any atom is 0.0406 e. The lowest BCUT2D eigenvalue weighted by atomic mass is 10.0. The van der Waals surface area contributed by atoms with Crippen LogP contribution in [-0.2, 0) is 12.8 Å². The predicted octanol–water partition coefficient (Wildman–Crippen LogP) is 7.97. The van der Waals surface area contributed by atoms with Crippen molar-refractivity contribution in [3.63, 3.8) is 0 Å².